The van der Waals surface area contributed by atoms with E-state index in [0.717, 1.165) is 13.3 Å². The Bertz CT molecular complexity index is 407. The third-order valence-corrected chi connectivity index (χ3v) is 2.16. The summed E-state index contributed by atoms with van der Waals surface area (Å²) in [6, 6.07) is 0. The number of nitrogens with zero attached hydrogens (tertiary/aromatic N) is 1. The smallest absolute Gasteiger partial charge is 0.311 e. The molecule has 0 saturated heterocycles. The first-order chi connectivity index (χ1) is 7.47. The van der Waals surface area contributed by atoms with E-state index in [9.17, 15) is 18.0 Å². The van der Waals surface area contributed by atoms with E-state index in [1.165, 1.54) is 6.92 Å². The Morgan fingerprint density at radius 3 is 2.69 bits per heavy atom. The summed E-state index contributed by atoms with van der Waals surface area (Å²) in [6.07, 6.45) is -2.44. The lowest BCUT2D eigenvalue weighted by Crippen LogP contribution is -2.11. The lowest BCUT2D eigenvalue weighted by Gasteiger charge is -2.10. The summed E-state index contributed by atoms with van der Waals surface area (Å²) in [5.74, 6) is -1.51. The van der Waals surface area contributed by atoms with Crippen LogP contribution in [0.5, 0.6) is 0 Å². The van der Waals surface area contributed by atoms with Crippen LogP contribution in [-0.4, -0.2) is 18.1 Å². The van der Waals surface area contributed by atoms with Crippen molar-refractivity contribution in [3.63, 3.8) is 0 Å². The number of hydrogen-bond acceptors (Lipinski definition) is 3. The fourth-order valence-corrected chi connectivity index (χ4v) is 1.29. The third kappa shape index (κ3) is 2.50. The molecule has 6 heteroatoms. The van der Waals surface area contributed by atoms with Crippen molar-refractivity contribution in [2.45, 2.75) is 19.8 Å². The van der Waals surface area contributed by atoms with Gasteiger partial charge in [-0.25, -0.2) is 13.2 Å². The Kier molecular flexibility index (Phi) is 3.87. The molecule has 1 heterocycles. The summed E-state index contributed by atoms with van der Waals surface area (Å²) in [5, 5.41) is 0. The zero-order valence-corrected chi connectivity index (χ0v) is 8.76. The first kappa shape index (κ1) is 12.5. The molecular weight excluding hydrogens is 223 g/mol. The molecule has 88 valence electrons. The first-order valence-electron chi connectivity index (χ1n) is 4.46. The van der Waals surface area contributed by atoms with Crippen LogP contribution in [0.4, 0.5) is 13.2 Å². The Morgan fingerprint density at radius 2 is 2.19 bits per heavy atom. The fraction of sp³-hybridized carbons (Fsp3) is 0.400. The van der Waals surface area contributed by atoms with Gasteiger partial charge in [0, 0.05) is 5.56 Å². The number of carbonyl (C=O) groups excluding carboxylic acids is 1. The molecule has 0 fully saturated rings. The van der Waals surface area contributed by atoms with Gasteiger partial charge >= 0.3 is 5.97 Å². The monoisotopic (exact) mass is 233 g/mol. The van der Waals surface area contributed by atoms with Crippen LogP contribution in [0.15, 0.2) is 6.20 Å². The third-order valence-electron chi connectivity index (χ3n) is 2.16. The van der Waals surface area contributed by atoms with Crippen molar-refractivity contribution < 1.29 is 22.7 Å². The van der Waals surface area contributed by atoms with Crippen LogP contribution >= 0.6 is 0 Å². The zero-order valence-electron chi connectivity index (χ0n) is 8.76. The fourth-order valence-electron chi connectivity index (χ4n) is 1.29. The van der Waals surface area contributed by atoms with Crippen LogP contribution in [-0.2, 0) is 16.0 Å². The second-order valence-electron chi connectivity index (χ2n) is 3.15. The SMILES string of the molecule is COC(=O)Cc1ncc(F)c(C)c1C(F)F. The summed E-state index contributed by atoms with van der Waals surface area (Å²) < 4.78 is 42.7. The average Bonchev–Trinajstić information content (AvgIpc) is 2.23. The van der Waals surface area contributed by atoms with Gasteiger partial charge in [-0.05, 0) is 12.5 Å². The van der Waals surface area contributed by atoms with Crippen LogP contribution in [0.2, 0.25) is 0 Å². The minimum absolute atomic E-state index is 0.152. The van der Waals surface area contributed by atoms with E-state index in [2.05, 4.69) is 9.72 Å². The van der Waals surface area contributed by atoms with E-state index in [1.807, 2.05) is 0 Å². The van der Waals surface area contributed by atoms with Crippen LogP contribution in [0.3, 0.4) is 0 Å². The second-order valence-corrected chi connectivity index (χ2v) is 3.15. The number of halogens is 3. The summed E-state index contributed by atoms with van der Waals surface area (Å²) in [7, 11) is 1.14. The van der Waals surface area contributed by atoms with Crippen LogP contribution in [0, 0.1) is 12.7 Å². The molecule has 0 bridgehead atoms. The summed E-state index contributed by atoms with van der Waals surface area (Å²) in [6.45, 7) is 1.22. The van der Waals surface area contributed by atoms with E-state index in [0.29, 0.717) is 0 Å². The van der Waals surface area contributed by atoms with E-state index in [-0.39, 0.29) is 11.3 Å². The van der Waals surface area contributed by atoms with Gasteiger partial charge in [-0.3, -0.25) is 9.78 Å². The molecular formula is C10H10F3NO2. The van der Waals surface area contributed by atoms with Crippen molar-refractivity contribution >= 4 is 5.97 Å². The maximum absolute atomic E-state index is 13.0. The molecule has 1 aromatic rings. The Hall–Kier alpha value is -1.59. The van der Waals surface area contributed by atoms with Gasteiger partial charge in [0.05, 0.1) is 25.4 Å². The lowest BCUT2D eigenvalue weighted by atomic mass is 10.1. The molecule has 3 nitrogen and oxygen atoms in total. The van der Waals surface area contributed by atoms with Gasteiger partial charge in [-0.15, -0.1) is 0 Å². The molecule has 16 heavy (non-hydrogen) atoms. The second kappa shape index (κ2) is 4.96. The van der Waals surface area contributed by atoms with Gasteiger partial charge in [-0.2, -0.15) is 0 Å². The lowest BCUT2D eigenvalue weighted by molar-refractivity contribution is -0.139. The minimum atomic E-state index is -2.87. The van der Waals surface area contributed by atoms with Crippen molar-refractivity contribution in [3.8, 4) is 0 Å². The van der Waals surface area contributed by atoms with Crippen LogP contribution < -0.4 is 0 Å². The van der Waals surface area contributed by atoms with Gasteiger partial charge in [-0.1, -0.05) is 0 Å². The molecule has 0 aliphatic rings. The van der Waals surface area contributed by atoms with Gasteiger partial charge in [0.1, 0.15) is 5.82 Å². The van der Waals surface area contributed by atoms with Crippen LogP contribution in [0.1, 0.15) is 23.2 Å². The normalized spacial score (nSPS) is 10.6. The number of methoxy groups -OCH3 is 1. The predicted molar refractivity (Wildman–Crippen MR) is 49.6 cm³/mol. The van der Waals surface area contributed by atoms with Gasteiger partial charge in [0.25, 0.3) is 6.43 Å². The molecule has 0 amide bonds. The number of hydrogen-bond donors (Lipinski definition) is 0. The maximum atomic E-state index is 13.0. The van der Waals surface area contributed by atoms with Crippen molar-refractivity contribution in [1.29, 1.82) is 0 Å². The standard InChI is InChI=1S/C10H10F3NO2/c1-5-6(11)4-14-7(3-8(15)16-2)9(5)10(12)13/h4,10H,3H2,1-2H3. The highest BCUT2D eigenvalue weighted by molar-refractivity contribution is 5.72. The van der Waals surface area contributed by atoms with Crippen molar-refractivity contribution in [3.05, 3.63) is 28.8 Å². The molecule has 0 aliphatic carbocycles. The quantitative estimate of drug-likeness (QED) is 0.751. The number of pyridine rings is 1. The predicted octanol–water partition coefficient (Wildman–Crippen LogP) is 2.18. The van der Waals surface area contributed by atoms with E-state index < -0.39 is 30.2 Å². The number of esters is 1. The zero-order chi connectivity index (χ0) is 12.3. The summed E-state index contributed by atoms with van der Waals surface area (Å²) >= 11 is 0. The van der Waals surface area contributed by atoms with E-state index in [4.69, 9.17) is 0 Å². The van der Waals surface area contributed by atoms with Crippen molar-refractivity contribution in [1.82, 2.24) is 4.98 Å². The highest BCUT2D eigenvalue weighted by Gasteiger charge is 2.21. The average molecular weight is 233 g/mol. The molecule has 0 saturated carbocycles. The molecule has 0 aromatic carbocycles. The largest absolute Gasteiger partial charge is 0.469 e. The van der Waals surface area contributed by atoms with Gasteiger partial charge in [0.15, 0.2) is 0 Å². The first-order valence-corrected chi connectivity index (χ1v) is 4.46. The van der Waals surface area contributed by atoms with Crippen molar-refractivity contribution in [2.75, 3.05) is 7.11 Å². The molecule has 0 N–H and O–H groups in total. The number of aromatic nitrogens is 1. The number of ether oxygens (including phenoxy) is 1. The topological polar surface area (TPSA) is 39.2 Å². The highest BCUT2D eigenvalue weighted by Crippen LogP contribution is 2.27. The number of carbonyl (C=O) groups is 1. The molecule has 0 spiro atoms. The minimum Gasteiger partial charge on any atom is -0.469 e. The van der Waals surface area contributed by atoms with Crippen molar-refractivity contribution in [2.24, 2.45) is 0 Å². The summed E-state index contributed by atoms with van der Waals surface area (Å²) in [5.41, 5.74) is -0.880. The van der Waals surface area contributed by atoms with Crippen LogP contribution in [0.25, 0.3) is 0 Å². The summed E-state index contributed by atoms with van der Waals surface area (Å²) in [4.78, 5) is 14.4. The Morgan fingerprint density at radius 1 is 1.56 bits per heavy atom. The van der Waals surface area contributed by atoms with E-state index >= 15 is 0 Å². The molecule has 1 aromatic heterocycles. The maximum Gasteiger partial charge on any atom is 0.311 e. The van der Waals surface area contributed by atoms with E-state index in [1.54, 1.807) is 0 Å². The Labute approximate surface area is 90.2 Å². The highest BCUT2D eigenvalue weighted by atomic mass is 19.3. The Balaban J connectivity index is 3.18. The molecule has 0 aliphatic heterocycles. The molecule has 0 atom stereocenters. The van der Waals surface area contributed by atoms with Gasteiger partial charge in [0.2, 0.25) is 0 Å². The molecule has 0 radical (unpaired) electrons. The molecule has 0 unspecified atom stereocenters. The number of alkyl halides is 2. The van der Waals surface area contributed by atoms with Gasteiger partial charge < -0.3 is 4.74 Å². The molecule has 1 rings (SSSR count). The number of rotatable bonds is 3.